The molecule has 0 aliphatic heterocycles. The molecule has 146 valence electrons. The zero-order valence-electron chi connectivity index (χ0n) is 16.0. The third-order valence-corrected chi connectivity index (χ3v) is 3.90. The van der Waals surface area contributed by atoms with Gasteiger partial charge in [-0.25, -0.2) is 0 Å². The van der Waals surface area contributed by atoms with E-state index in [0.29, 0.717) is 25.7 Å². The van der Waals surface area contributed by atoms with E-state index in [1.54, 1.807) is 7.11 Å². The minimum Gasteiger partial charge on any atom is -0.497 e. The van der Waals surface area contributed by atoms with Gasteiger partial charge in [-0.05, 0) is 30.2 Å². The summed E-state index contributed by atoms with van der Waals surface area (Å²) in [5.74, 6) is 1.37. The predicted molar refractivity (Wildman–Crippen MR) is 108 cm³/mol. The molecule has 0 saturated carbocycles. The van der Waals surface area contributed by atoms with E-state index in [0.717, 1.165) is 23.4 Å². The molecular weight excluding hydrogens is 342 g/mol. The molecule has 1 atom stereocenters. The van der Waals surface area contributed by atoms with E-state index in [-0.39, 0.29) is 6.54 Å². The second-order valence-electron chi connectivity index (χ2n) is 5.98. The Hall–Kier alpha value is -2.57. The van der Waals surface area contributed by atoms with Crippen LogP contribution in [-0.2, 0) is 11.3 Å². The molecule has 0 fully saturated rings. The second kappa shape index (κ2) is 11.9. The molecule has 0 aromatic heterocycles. The van der Waals surface area contributed by atoms with Crippen molar-refractivity contribution in [1.29, 1.82) is 0 Å². The number of methoxy groups -OCH3 is 1. The van der Waals surface area contributed by atoms with Gasteiger partial charge in [0.05, 0.1) is 33.0 Å². The fraction of sp³-hybridized carbons (Fsp3) is 0.381. The summed E-state index contributed by atoms with van der Waals surface area (Å²) in [5.41, 5.74) is 1.93. The minimum absolute atomic E-state index is 0.257. The highest BCUT2D eigenvalue weighted by Gasteiger charge is 2.08. The first kappa shape index (κ1) is 20.7. The average molecular weight is 371 g/mol. The lowest BCUT2D eigenvalue weighted by atomic mass is 10.1. The van der Waals surface area contributed by atoms with Crippen molar-refractivity contribution in [3.8, 4) is 5.75 Å². The fourth-order valence-electron chi connectivity index (χ4n) is 2.48. The summed E-state index contributed by atoms with van der Waals surface area (Å²) in [6.07, 6.45) is -0.690. The molecule has 0 amide bonds. The number of nitrogens with zero attached hydrogens (tertiary/aromatic N) is 1. The number of aliphatic hydroxyl groups excluding tert-OH is 1. The normalized spacial score (nSPS) is 12.5. The van der Waals surface area contributed by atoms with Gasteiger partial charge >= 0.3 is 0 Å². The summed E-state index contributed by atoms with van der Waals surface area (Å²) >= 11 is 0. The van der Waals surface area contributed by atoms with Crippen LogP contribution in [0.5, 0.6) is 5.75 Å². The predicted octanol–water partition coefficient (Wildman–Crippen LogP) is 2.50. The fourth-order valence-corrected chi connectivity index (χ4v) is 2.48. The van der Waals surface area contributed by atoms with E-state index in [9.17, 15) is 5.11 Å². The SMILES string of the molecule is CCNC(=NCC(O)c1cccc(OC)c1)NCCOCc1ccccc1. The lowest BCUT2D eigenvalue weighted by Crippen LogP contribution is -2.39. The van der Waals surface area contributed by atoms with Crippen molar-refractivity contribution in [2.24, 2.45) is 4.99 Å². The van der Waals surface area contributed by atoms with Crippen LogP contribution >= 0.6 is 0 Å². The van der Waals surface area contributed by atoms with Crippen molar-refractivity contribution in [2.75, 3.05) is 33.4 Å². The smallest absolute Gasteiger partial charge is 0.191 e. The van der Waals surface area contributed by atoms with Gasteiger partial charge in [0.15, 0.2) is 5.96 Å². The Morgan fingerprint density at radius 3 is 2.67 bits per heavy atom. The quantitative estimate of drug-likeness (QED) is 0.340. The van der Waals surface area contributed by atoms with Crippen molar-refractivity contribution in [1.82, 2.24) is 10.6 Å². The molecule has 2 aromatic carbocycles. The minimum atomic E-state index is -0.690. The Morgan fingerprint density at radius 1 is 1.11 bits per heavy atom. The second-order valence-corrected chi connectivity index (χ2v) is 5.98. The Morgan fingerprint density at radius 2 is 1.93 bits per heavy atom. The number of benzene rings is 2. The van der Waals surface area contributed by atoms with Crippen LogP contribution in [0.4, 0.5) is 0 Å². The number of aliphatic hydroxyl groups is 1. The molecule has 0 aliphatic rings. The lowest BCUT2D eigenvalue weighted by molar-refractivity contribution is 0.125. The summed E-state index contributed by atoms with van der Waals surface area (Å²) in [7, 11) is 1.61. The number of nitrogens with one attached hydrogen (secondary N) is 2. The number of hydrogen-bond donors (Lipinski definition) is 3. The number of hydrogen-bond acceptors (Lipinski definition) is 4. The standard InChI is InChI=1S/C21H29N3O3/c1-3-22-21(23-12-13-27-16-17-8-5-4-6-9-17)24-15-20(25)18-10-7-11-19(14-18)26-2/h4-11,14,20,25H,3,12-13,15-16H2,1-2H3,(H2,22,23,24). The van der Waals surface area contributed by atoms with Crippen LogP contribution in [0, 0.1) is 0 Å². The Balaban J connectivity index is 1.77. The molecular formula is C21H29N3O3. The molecule has 6 nitrogen and oxygen atoms in total. The van der Waals surface area contributed by atoms with Gasteiger partial charge in [0, 0.05) is 13.1 Å². The molecule has 0 saturated heterocycles. The first-order valence-corrected chi connectivity index (χ1v) is 9.18. The van der Waals surface area contributed by atoms with Crippen molar-refractivity contribution in [3.63, 3.8) is 0 Å². The van der Waals surface area contributed by atoms with Crippen molar-refractivity contribution in [2.45, 2.75) is 19.6 Å². The van der Waals surface area contributed by atoms with Crippen molar-refractivity contribution in [3.05, 3.63) is 65.7 Å². The van der Waals surface area contributed by atoms with Crippen molar-refractivity contribution >= 4 is 5.96 Å². The Bertz CT molecular complexity index is 692. The van der Waals surface area contributed by atoms with E-state index < -0.39 is 6.10 Å². The summed E-state index contributed by atoms with van der Waals surface area (Å²) in [4.78, 5) is 4.45. The van der Waals surface area contributed by atoms with Crippen LogP contribution < -0.4 is 15.4 Å². The van der Waals surface area contributed by atoms with Crippen LogP contribution in [-0.4, -0.2) is 44.4 Å². The van der Waals surface area contributed by atoms with E-state index in [1.165, 1.54) is 0 Å². The van der Waals surface area contributed by atoms with Gasteiger partial charge in [0.1, 0.15) is 5.75 Å². The summed E-state index contributed by atoms with van der Waals surface area (Å²) in [6, 6.07) is 17.5. The first-order valence-electron chi connectivity index (χ1n) is 9.18. The number of guanidine groups is 1. The van der Waals surface area contributed by atoms with E-state index >= 15 is 0 Å². The molecule has 0 spiro atoms. The lowest BCUT2D eigenvalue weighted by Gasteiger charge is -2.14. The highest BCUT2D eigenvalue weighted by molar-refractivity contribution is 5.79. The van der Waals surface area contributed by atoms with Gasteiger partial charge in [-0.1, -0.05) is 42.5 Å². The van der Waals surface area contributed by atoms with Gasteiger partial charge in [-0.2, -0.15) is 0 Å². The largest absolute Gasteiger partial charge is 0.497 e. The van der Waals surface area contributed by atoms with Crippen molar-refractivity contribution < 1.29 is 14.6 Å². The Kier molecular flexibility index (Phi) is 9.17. The molecule has 27 heavy (non-hydrogen) atoms. The highest BCUT2D eigenvalue weighted by atomic mass is 16.5. The number of rotatable bonds is 10. The van der Waals surface area contributed by atoms with Crippen LogP contribution in [0.15, 0.2) is 59.6 Å². The summed E-state index contributed by atoms with van der Waals surface area (Å²) in [5, 5.41) is 16.7. The highest BCUT2D eigenvalue weighted by Crippen LogP contribution is 2.19. The van der Waals surface area contributed by atoms with E-state index in [4.69, 9.17) is 9.47 Å². The molecule has 2 aromatic rings. The van der Waals surface area contributed by atoms with Gasteiger partial charge in [-0.3, -0.25) is 4.99 Å². The average Bonchev–Trinajstić information content (AvgIpc) is 2.72. The molecule has 0 radical (unpaired) electrons. The summed E-state index contributed by atoms with van der Waals surface area (Å²) < 4.78 is 10.9. The maximum absolute atomic E-state index is 10.4. The Labute approximate surface area is 161 Å². The summed E-state index contributed by atoms with van der Waals surface area (Å²) in [6.45, 7) is 4.79. The number of ether oxygens (including phenoxy) is 2. The topological polar surface area (TPSA) is 75.1 Å². The molecule has 0 aliphatic carbocycles. The first-order chi connectivity index (χ1) is 13.2. The van der Waals surface area contributed by atoms with Gasteiger partial charge in [0.2, 0.25) is 0 Å². The van der Waals surface area contributed by atoms with Crippen LogP contribution in [0.2, 0.25) is 0 Å². The zero-order valence-corrected chi connectivity index (χ0v) is 16.0. The van der Waals surface area contributed by atoms with Crippen LogP contribution in [0.3, 0.4) is 0 Å². The molecule has 1 unspecified atom stereocenters. The van der Waals surface area contributed by atoms with Gasteiger partial charge in [0.25, 0.3) is 0 Å². The molecule has 0 heterocycles. The molecule has 6 heteroatoms. The molecule has 3 N–H and O–H groups in total. The zero-order chi connectivity index (χ0) is 19.3. The van der Waals surface area contributed by atoms with Gasteiger partial charge < -0.3 is 25.2 Å². The monoisotopic (exact) mass is 371 g/mol. The molecule has 0 bridgehead atoms. The number of aliphatic imine (C=N–C) groups is 1. The van der Waals surface area contributed by atoms with E-state index in [2.05, 4.69) is 15.6 Å². The van der Waals surface area contributed by atoms with Crippen LogP contribution in [0.1, 0.15) is 24.2 Å². The third-order valence-electron chi connectivity index (χ3n) is 3.90. The maximum atomic E-state index is 10.4. The van der Waals surface area contributed by atoms with E-state index in [1.807, 2.05) is 61.5 Å². The third kappa shape index (κ3) is 7.68. The van der Waals surface area contributed by atoms with Crippen LogP contribution in [0.25, 0.3) is 0 Å². The van der Waals surface area contributed by atoms with Gasteiger partial charge in [-0.15, -0.1) is 0 Å². The molecule has 2 rings (SSSR count). The maximum Gasteiger partial charge on any atom is 0.191 e.